The quantitative estimate of drug-likeness (QED) is 0.843. The second-order valence-electron chi connectivity index (χ2n) is 3.33. The van der Waals surface area contributed by atoms with E-state index >= 15 is 0 Å². The Kier molecular flexibility index (Phi) is 3.97. The molecule has 0 spiro atoms. The predicted octanol–water partition coefficient (Wildman–Crippen LogP) is 3.98. The zero-order valence-corrected chi connectivity index (χ0v) is 11.7. The zero-order chi connectivity index (χ0) is 12.3. The Morgan fingerprint density at radius 3 is 2.88 bits per heavy atom. The average molecular weight is 358 g/mol. The Balaban J connectivity index is 2.07. The minimum Gasteiger partial charge on any atom is -0.379 e. The maximum atomic E-state index is 13.3. The topological polar surface area (TPSA) is 35.8 Å². The van der Waals surface area contributed by atoms with Gasteiger partial charge in [-0.05, 0) is 46.9 Å². The third kappa shape index (κ3) is 2.96. The SMILES string of the molecule is N#Cc1ccc(CNc2cccc(F)c2I)s1. The van der Waals surface area contributed by atoms with Gasteiger partial charge in [-0.3, -0.25) is 0 Å². The van der Waals surface area contributed by atoms with E-state index in [1.165, 1.54) is 17.4 Å². The number of thiophene rings is 1. The molecule has 5 heteroatoms. The summed E-state index contributed by atoms with van der Waals surface area (Å²) < 4.78 is 13.9. The number of rotatable bonds is 3. The van der Waals surface area contributed by atoms with E-state index < -0.39 is 0 Å². The molecule has 0 aliphatic carbocycles. The first-order valence-electron chi connectivity index (χ1n) is 4.87. The number of hydrogen-bond acceptors (Lipinski definition) is 3. The number of nitrogens with zero attached hydrogens (tertiary/aromatic N) is 1. The van der Waals surface area contributed by atoms with Gasteiger partial charge >= 0.3 is 0 Å². The third-order valence-corrected chi connectivity index (χ3v) is 4.26. The van der Waals surface area contributed by atoms with Crippen molar-refractivity contribution in [2.24, 2.45) is 0 Å². The van der Waals surface area contributed by atoms with Crippen LogP contribution in [0, 0.1) is 20.7 Å². The van der Waals surface area contributed by atoms with Crippen molar-refractivity contribution in [2.75, 3.05) is 5.32 Å². The van der Waals surface area contributed by atoms with Crippen molar-refractivity contribution in [3.63, 3.8) is 0 Å². The molecule has 2 aromatic rings. The molecular formula is C12H8FIN2S. The first-order valence-corrected chi connectivity index (χ1v) is 6.77. The van der Waals surface area contributed by atoms with Crippen LogP contribution in [-0.4, -0.2) is 0 Å². The van der Waals surface area contributed by atoms with E-state index in [2.05, 4.69) is 11.4 Å². The van der Waals surface area contributed by atoms with Gasteiger partial charge in [0.05, 0.1) is 9.26 Å². The van der Waals surface area contributed by atoms with Crippen LogP contribution < -0.4 is 5.32 Å². The van der Waals surface area contributed by atoms with Crippen molar-refractivity contribution in [1.29, 1.82) is 5.26 Å². The molecule has 0 amide bonds. The van der Waals surface area contributed by atoms with Crippen molar-refractivity contribution < 1.29 is 4.39 Å². The highest BCUT2D eigenvalue weighted by molar-refractivity contribution is 14.1. The molecule has 2 rings (SSSR count). The van der Waals surface area contributed by atoms with Gasteiger partial charge in [-0.2, -0.15) is 5.26 Å². The summed E-state index contributed by atoms with van der Waals surface area (Å²) in [6, 6.07) is 10.7. The highest BCUT2D eigenvalue weighted by atomic mass is 127. The van der Waals surface area contributed by atoms with Gasteiger partial charge in [0.2, 0.25) is 0 Å². The third-order valence-electron chi connectivity index (χ3n) is 2.18. The van der Waals surface area contributed by atoms with Crippen molar-refractivity contribution in [1.82, 2.24) is 0 Å². The number of hydrogen-bond donors (Lipinski definition) is 1. The lowest BCUT2D eigenvalue weighted by atomic mass is 10.3. The second kappa shape index (κ2) is 5.47. The molecule has 86 valence electrons. The molecule has 0 aliphatic rings. The summed E-state index contributed by atoms with van der Waals surface area (Å²) in [5.41, 5.74) is 0.775. The Labute approximate surface area is 116 Å². The highest BCUT2D eigenvalue weighted by Crippen LogP contribution is 2.23. The van der Waals surface area contributed by atoms with Crippen LogP contribution in [0.15, 0.2) is 30.3 Å². The molecule has 0 aliphatic heterocycles. The molecule has 1 aromatic heterocycles. The molecule has 1 heterocycles. The van der Waals surface area contributed by atoms with Crippen molar-refractivity contribution in [3.8, 4) is 6.07 Å². The first kappa shape index (κ1) is 12.3. The number of nitrogens with one attached hydrogen (secondary N) is 1. The molecule has 2 nitrogen and oxygen atoms in total. The number of benzene rings is 1. The lowest BCUT2D eigenvalue weighted by Crippen LogP contribution is -2.00. The maximum absolute atomic E-state index is 13.3. The molecule has 0 saturated carbocycles. The highest BCUT2D eigenvalue weighted by Gasteiger charge is 2.05. The van der Waals surface area contributed by atoms with Crippen LogP contribution in [0.2, 0.25) is 0 Å². The van der Waals surface area contributed by atoms with Crippen LogP contribution in [-0.2, 0) is 6.54 Å². The van der Waals surface area contributed by atoms with Gasteiger partial charge < -0.3 is 5.32 Å². The fourth-order valence-corrected chi connectivity index (χ4v) is 2.65. The van der Waals surface area contributed by atoms with Gasteiger partial charge in [-0.25, -0.2) is 4.39 Å². The van der Waals surface area contributed by atoms with Crippen LogP contribution in [0.4, 0.5) is 10.1 Å². The van der Waals surface area contributed by atoms with Crippen molar-refractivity contribution in [3.05, 3.63) is 49.5 Å². The molecule has 0 saturated heterocycles. The van der Waals surface area contributed by atoms with Crippen molar-refractivity contribution >= 4 is 39.6 Å². The molecule has 0 radical (unpaired) electrons. The minimum absolute atomic E-state index is 0.223. The number of anilines is 1. The van der Waals surface area contributed by atoms with Crippen LogP contribution in [0.25, 0.3) is 0 Å². The van der Waals surface area contributed by atoms with Gasteiger partial charge in [-0.15, -0.1) is 11.3 Å². The van der Waals surface area contributed by atoms with E-state index in [4.69, 9.17) is 5.26 Å². The summed E-state index contributed by atoms with van der Waals surface area (Å²) in [6.45, 7) is 0.603. The molecule has 1 aromatic carbocycles. The minimum atomic E-state index is -0.223. The van der Waals surface area contributed by atoms with E-state index in [0.717, 1.165) is 10.6 Å². The van der Waals surface area contributed by atoms with E-state index in [0.29, 0.717) is 15.0 Å². The van der Waals surface area contributed by atoms with E-state index in [1.54, 1.807) is 12.1 Å². The van der Waals surface area contributed by atoms with Gasteiger partial charge in [0, 0.05) is 11.4 Å². The predicted molar refractivity (Wildman–Crippen MR) is 75.5 cm³/mol. The second-order valence-corrected chi connectivity index (χ2v) is 5.58. The fraction of sp³-hybridized carbons (Fsp3) is 0.0833. The van der Waals surface area contributed by atoms with E-state index in [-0.39, 0.29) is 5.82 Å². The summed E-state index contributed by atoms with van der Waals surface area (Å²) in [7, 11) is 0. The Bertz CT molecular complexity index is 574. The monoisotopic (exact) mass is 358 g/mol. The molecular weight excluding hydrogens is 350 g/mol. The van der Waals surface area contributed by atoms with E-state index in [1.807, 2.05) is 34.7 Å². The molecule has 1 N–H and O–H groups in total. The molecule has 0 fully saturated rings. The van der Waals surface area contributed by atoms with Crippen LogP contribution >= 0.6 is 33.9 Å². The largest absolute Gasteiger partial charge is 0.379 e. The van der Waals surface area contributed by atoms with Gasteiger partial charge in [0.25, 0.3) is 0 Å². The summed E-state index contributed by atoms with van der Waals surface area (Å²) in [4.78, 5) is 1.75. The lowest BCUT2D eigenvalue weighted by molar-refractivity contribution is 0.621. The molecule has 0 unspecified atom stereocenters. The smallest absolute Gasteiger partial charge is 0.138 e. The van der Waals surface area contributed by atoms with Crippen LogP contribution in [0.3, 0.4) is 0 Å². The van der Waals surface area contributed by atoms with E-state index in [9.17, 15) is 4.39 Å². The normalized spacial score (nSPS) is 9.94. The summed E-state index contributed by atoms with van der Waals surface area (Å²) >= 11 is 3.42. The Morgan fingerprint density at radius 1 is 1.35 bits per heavy atom. The Morgan fingerprint density at radius 2 is 2.18 bits per heavy atom. The van der Waals surface area contributed by atoms with Crippen LogP contribution in [0.1, 0.15) is 9.75 Å². The van der Waals surface area contributed by atoms with Gasteiger partial charge in [-0.1, -0.05) is 6.07 Å². The summed E-state index contributed by atoms with van der Waals surface area (Å²) in [6.07, 6.45) is 0. The number of halogens is 2. The lowest BCUT2D eigenvalue weighted by Gasteiger charge is -2.07. The van der Waals surface area contributed by atoms with Gasteiger partial charge in [0.15, 0.2) is 0 Å². The number of nitriles is 1. The maximum Gasteiger partial charge on any atom is 0.138 e. The van der Waals surface area contributed by atoms with Gasteiger partial charge in [0.1, 0.15) is 16.8 Å². The Hall–Kier alpha value is -1.13. The zero-order valence-electron chi connectivity index (χ0n) is 8.71. The summed E-state index contributed by atoms with van der Waals surface area (Å²) in [5, 5.41) is 11.9. The van der Waals surface area contributed by atoms with Crippen molar-refractivity contribution in [2.45, 2.75) is 6.54 Å². The molecule has 17 heavy (non-hydrogen) atoms. The standard InChI is InChI=1S/C12H8FIN2S/c13-10-2-1-3-11(12(10)14)16-7-9-5-4-8(6-15)17-9/h1-5,16H,7H2. The average Bonchev–Trinajstić information content (AvgIpc) is 2.79. The van der Waals surface area contributed by atoms with Crippen LogP contribution in [0.5, 0.6) is 0 Å². The molecule has 0 bridgehead atoms. The fourth-order valence-electron chi connectivity index (χ4n) is 1.36. The molecule has 0 atom stereocenters. The first-order chi connectivity index (χ1) is 8.20. The summed E-state index contributed by atoms with van der Waals surface area (Å²) in [5.74, 6) is -0.223.